The van der Waals surface area contributed by atoms with Crippen molar-refractivity contribution in [3.63, 3.8) is 0 Å². The van der Waals surface area contributed by atoms with Crippen molar-refractivity contribution in [2.45, 2.75) is 29.1 Å². The first kappa shape index (κ1) is 16.1. The van der Waals surface area contributed by atoms with E-state index >= 15 is 0 Å². The molecule has 0 amide bonds. The summed E-state index contributed by atoms with van der Waals surface area (Å²) in [5.41, 5.74) is -0.542. The maximum atomic E-state index is 11.9. The van der Waals surface area contributed by atoms with E-state index in [-0.39, 0.29) is 16.4 Å². The van der Waals surface area contributed by atoms with E-state index in [1.54, 1.807) is 13.8 Å². The highest BCUT2D eigenvalue weighted by molar-refractivity contribution is 7.93. The van der Waals surface area contributed by atoms with Gasteiger partial charge in [-0.2, -0.15) is 0 Å². The topological polar surface area (TPSA) is 88.5 Å². The molecule has 0 spiro atoms. The van der Waals surface area contributed by atoms with E-state index in [1.165, 1.54) is 18.2 Å². The van der Waals surface area contributed by atoms with E-state index in [2.05, 4.69) is 0 Å². The van der Waals surface area contributed by atoms with Gasteiger partial charge in [0.05, 0.1) is 16.4 Å². The van der Waals surface area contributed by atoms with Crippen molar-refractivity contribution in [1.82, 2.24) is 0 Å². The Bertz CT molecular complexity index is 685. The molecule has 0 aliphatic carbocycles. The fourth-order valence-electron chi connectivity index (χ4n) is 1.81. The number of hydrogen-bond acceptors (Lipinski definition) is 5. The Labute approximate surface area is 114 Å². The number of rotatable bonds is 4. The van der Waals surface area contributed by atoms with Crippen LogP contribution >= 0.6 is 0 Å². The number of sulfone groups is 2. The summed E-state index contributed by atoms with van der Waals surface area (Å²) in [6.07, 6.45) is 1.93. The van der Waals surface area contributed by atoms with E-state index in [9.17, 15) is 21.9 Å². The Morgan fingerprint density at radius 3 is 1.95 bits per heavy atom. The van der Waals surface area contributed by atoms with Crippen molar-refractivity contribution in [1.29, 1.82) is 0 Å². The van der Waals surface area contributed by atoms with Gasteiger partial charge in [-0.3, -0.25) is 0 Å². The fourth-order valence-corrected chi connectivity index (χ4v) is 4.67. The lowest BCUT2D eigenvalue weighted by Crippen LogP contribution is -2.26. The Morgan fingerprint density at radius 2 is 1.58 bits per heavy atom. The number of benzene rings is 1. The molecular formula is C12H18O5S2. The number of hydrogen-bond donors (Lipinski definition) is 1. The molecule has 0 fully saturated rings. The maximum absolute atomic E-state index is 11.9. The van der Waals surface area contributed by atoms with Crippen LogP contribution in [0.3, 0.4) is 0 Å². The summed E-state index contributed by atoms with van der Waals surface area (Å²) < 4.78 is 47.4. The molecule has 0 unspecified atom stereocenters. The lowest BCUT2D eigenvalue weighted by atomic mass is 9.85. The molecule has 0 radical (unpaired) electrons. The molecule has 19 heavy (non-hydrogen) atoms. The van der Waals surface area contributed by atoms with Crippen LogP contribution in [0.4, 0.5) is 0 Å². The Balaban J connectivity index is 3.90. The fraction of sp³-hybridized carbons (Fsp3) is 0.500. The van der Waals surface area contributed by atoms with E-state index in [0.29, 0.717) is 5.56 Å². The standard InChI is InChI=1S/C12H18O5S2/c1-12(2,8-13)9-6-5-7-10(18(3,14)15)11(9)19(4,16)17/h5-7,13H,8H2,1-4H3. The molecule has 1 aromatic rings. The molecule has 0 bridgehead atoms. The zero-order valence-electron chi connectivity index (χ0n) is 11.3. The minimum Gasteiger partial charge on any atom is -0.395 e. The van der Waals surface area contributed by atoms with Crippen molar-refractivity contribution in [2.75, 3.05) is 19.1 Å². The molecule has 1 N–H and O–H groups in total. The van der Waals surface area contributed by atoms with Gasteiger partial charge in [-0.1, -0.05) is 26.0 Å². The molecule has 5 nitrogen and oxygen atoms in total. The molecule has 7 heteroatoms. The van der Waals surface area contributed by atoms with E-state index in [4.69, 9.17) is 0 Å². The van der Waals surface area contributed by atoms with Gasteiger partial charge in [-0.25, -0.2) is 16.8 Å². The molecule has 1 aromatic carbocycles. The second kappa shape index (κ2) is 4.88. The van der Waals surface area contributed by atoms with Crippen LogP contribution in [-0.4, -0.2) is 41.1 Å². The molecule has 0 aliphatic heterocycles. The van der Waals surface area contributed by atoms with Crippen molar-refractivity contribution in [2.24, 2.45) is 0 Å². The Morgan fingerprint density at radius 1 is 1.05 bits per heavy atom. The van der Waals surface area contributed by atoms with E-state index in [0.717, 1.165) is 12.5 Å². The van der Waals surface area contributed by atoms with Crippen LogP contribution in [0.1, 0.15) is 19.4 Å². The summed E-state index contributed by atoms with van der Waals surface area (Å²) in [5, 5.41) is 9.39. The largest absolute Gasteiger partial charge is 0.395 e. The van der Waals surface area contributed by atoms with Crippen molar-refractivity contribution < 1.29 is 21.9 Å². The first-order chi connectivity index (χ1) is 8.41. The Hall–Kier alpha value is -0.920. The quantitative estimate of drug-likeness (QED) is 0.887. The van der Waals surface area contributed by atoms with Gasteiger partial charge in [0.1, 0.15) is 0 Å². The van der Waals surface area contributed by atoms with Crippen molar-refractivity contribution >= 4 is 19.7 Å². The highest BCUT2D eigenvalue weighted by Crippen LogP contribution is 2.33. The van der Waals surface area contributed by atoms with Crippen LogP contribution in [0, 0.1) is 0 Å². The van der Waals surface area contributed by atoms with Gasteiger partial charge in [0.25, 0.3) is 0 Å². The number of aliphatic hydroxyl groups excluding tert-OH is 1. The van der Waals surface area contributed by atoms with Gasteiger partial charge in [0.2, 0.25) is 0 Å². The van der Waals surface area contributed by atoms with Crippen LogP contribution in [0.5, 0.6) is 0 Å². The van der Waals surface area contributed by atoms with Crippen molar-refractivity contribution in [3.8, 4) is 0 Å². The van der Waals surface area contributed by atoms with Gasteiger partial charge in [-0.15, -0.1) is 0 Å². The zero-order chi connectivity index (χ0) is 15.1. The van der Waals surface area contributed by atoms with Crippen LogP contribution < -0.4 is 0 Å². The third kappa shape index (κ3) is 3.34. The first-order valence-electron chi connectivity index (χ1n) is 5.56. The highest BCUT2D eigenvalue weighted by Gasteiger charge is 2.31. The maximum Gasteiger partial charge on any atom is 0.177 e. The summed E-state index contributed by atoms with van der Waals surface area (Å²) in [5.74, 6) is 0. The summed E-state index contributed by atoms with van der Waals surface area (Å²) in [6.45, 7) is 3.02. The molecule has 0 aliphatic rings. The zero-order valence-corrected chi connectivity index (χ0v) is 13.0. The second-order valence-corrected chi connectivity index (χ2v) is 9.16. The summed E-state index contributed by atoms with van der Waals surface area (Å²) in [4.78, 5) is -0.453. The average Bonchev–Trinajstić information content (AvgIpc) is 2.25. The third-order valence-corrected chi connectivity index (χ3v) is 5.32. The van der Waals surface area contributed by atoms with Crippen LogP contribution in [0.15, 0.2) is 28.0 Å². The highest BCUT2D eigenvalue weighted by atomic mass is 32.2. The molecular weight excluding hydrogens is 288 g/mol. The van der Waals surface area contributed by atoms with Crippen LogP contribution in [-0.2, 0) is 25.1 Å². The van der Waals surface area contributed by atoms with Gasteiger partial charge in [-0.05, 0) is 11.6 Å². The second-order valence-electron chi connectivity index (χ2n) is 5.22. The average molecular weight is 306 g/mol. The molecule has 0 saturated carbocycles. The van der Waals surface area contributed by atoms with Gasteiger partial charge in [0, 0.05) is 17.9 Å². The van der Waals surface area contributed by atoms with E-state index < -0.39 is 25.1 Å². The predicted molar refractivity (Wildman–Crippen MR) is 72.8 cm³/mol. The Kier molecular flexibility index (Phi) is 4.15. The van der Waals surface area contributed by atoms with Crippen LogP contribution in [0.25, 0.3) is 0 Å². The minimum absolute atomic E-state index is 0.225. The monoisotopic (exact) mass is 306 g/mol. The third-order valence-electron chi connectivity index (χ3n) is 2.87. The lowest BCUT2D eigenvalue weighted by molar-refractivity contribution is 0.216. The molecule has 0 atom stereocenters. The van der Waals surface area contributed by atoms with Gasteiger partial charge < -0.3 is 5.11 Å². The van der Waals surface area contributed by atoms with Gasteiger partial charge >= 0.3 is 0 Å². The minimum atomic E-state index is -3.73. The molecule has 108 valence electrons. The normalized spacial score (nSPS) is 13.5. The summed E-state index contributed by atoms with van der Waals surface area (Å²) in [7, 11) is -7.40. The number of aliphatic hydroxyl groups is 1. The molecule has 0 heterocycles. The van der Waals surface area contributed by atoms with Crippen molar-refractivity contribution in [3.05, 3.63) is 23.8 Å². The lowest BCUT2D eigenvalue weighted by Gasteiger charge is -2.25. The molecule has 1 rings (SSSR count). The summed E-state index contributed by atoms with van der Waals surface area (Å²) in [6, 6.07) is 4.28. The molecule has 0 saturated heterocycles. The SMILES string of the molecule is CC(C)(CO)c1cccc(S(C)(=O)=O)c1S(C)(=O)=O. The van der Waals surface area contributed by atoms with Gasteiger partial charge in [0.15, 0.2) is 19.7 Å². The first-order valence-corrected chi connectivity index (χ1v) is 9.34. The summed E-state index contributed by atoms with van der Waals surface area (Å²) >= 11 is 0. The van der Waals surface area contributed by atoms with Crippen LogP contribution in [0.2, 0.25) is 0 Å². The predicted octanol–water partition coefficient (Wildman–Crippen LogP) is 0.763. The smallest absolute Gasteiger partial charge is 0.177 e. The van der Waals surface area contributed by atoms with E-state index in [1.807, 2.05) is 0 Å². The molecule has 0 aromatic heterocycles.